The first-order chi connectivity index (χ1) is 14.7. The Labute approximate surface area is 184 Å². The number of hydrogen-bond acceptors (Lipinski definition) is 5. The number of sulfonamides is 1. The van der Waals surface area contributed by atoms with Crippen LogP contribution in [-0.2, 0) is 10.0 Å². The second kappa shape index (κ2) is 8.11. The second-order valence-electron chi connectivity index (χ2n) is 7.78. The lowest BCUT2D eigenvalue weighted by atomic mass is 9.93. The summed E-state index contributed by atoms with van der Waals surface area (Å²) in [6.45, 7) is 4.28. The third-order valence-corrected chi connectivity index (χ3v) is 7.11. The molecular weight excluding hydrogens is 432 g/mol. The molecule has 4 aromatic rings. The molecule has 2 aromatic heterocycles. The molecule has 0 fully saturated rings. The number of thiophene rings is 1. The van der Waals surface area contributed by atoms with Crippen LogP contribution in [-0.4, -0.2) is 33.3 Å². The van der Waals surface area contributed by atoms with Gasteiger partial charge in [0, 0.05) is 22.9 Å². The molecule has 0 aliphatic heterocycles. The van der Waals surface area contributed by atoms with Gasteiger partial charge in [-0.25, -0.2) is 13.1 Å². The molecule has 0 saturated heterocycles. The van der Waals surface area contributed by atoms with Gasteiger partial charge in [0.05, 0.1) is 18.9 Å². The van der Waals surface area contributed by atoms with Crippen LogP contribution in [0.1, 0.15) is 24.0 Å². The summed E-state index contributed by atoms with van der Waals surface area (Å²) >= 11 is 1.43. The first-order valence-corrected chi connectivity index (χ1v) is 12.6. The van der Waals surface area contributed by atoms with Crippen LogP contribution in [0.25, 0.3) is 32.1 Å². The van der Waals surface area contributed by atoms with Crippen molar-refractivity contribution < 1.29 is 13.2 Å². The van der Waals surface area contributed by atoms with Crippen LogP contribution in [0.5, 0.6) is 5.75 Å². The third-order valence-electron chi connectivity index (χ3n) is 5.51. The van der Waals surface area contributed by atoms with E-state index in [-0.39, 0.29) is 11.5 Å². The number of fused-ring (bicyclic) bond motifs is 3. The van der Waals surface area contributed by atoms with E-state index in [0.29, 0.717) is 11.2 Å². The molecule has 2 N–H and O–H groups in total. The Morgan fingerprint density at radius 3 is 2.55 bits per heavy atom. The van der Waals surface area contributed by atoms with Gasteiger partial charge in [-0.05, 0) is 47.0 Å². The Bertz CT molecular complexity index is 1430. The highest BCUT2D eigenvalue weighted by Gasteiger charge is 2.18. The number of ether oxygens (including phenoxy) is 1. The average molecular weight is 457 g/mol. The maximum absolute atomic E-state index is 12.5. The molecule has 0 saturated carbocycles. The lowest BCUT2D eigenvalue weighted by molar-refractivity contribution is 0.416. The number of nitrogens with one attached hydrogen (secondary N) is 2. The first-order valence-electron chi connectivity index (χ1n) is 9.85. The summed E-state index contributed by atoms with van der Waals surface area (Å²) in [7, 11) is -1.58. The number of aromatic nitrogens is 1. The highest BCUT2D eigenvalue weighted by atomic mass is 32.2. The standard InChI is InChI=1S/C23H24N2O4S2/c1-13-11-18(29-3)19(20-17-9-10-30-22(17)23(26)25-21(13)20)16-7-5-15(6-8-16)14(2)12-24-31(4,27)28/h5-11,14,24H,12H2,1-4H3,(H,25,26)/t14-/m0/s1. The van der Waals surface area contributed by atoms with E-state index in [1.165, 1.54) is 11.3 Å². The van der Waals surface area contributed by atoms with Crippen LogP contribution in [0.15, 0.2) is 46.6 Å². The van der Waals surface area contributed by atoms with Crippen molar-refractivity contribution in [3.05, 3.63) is 63.3 Å². The number of H-pyrrole nitrogens is 1. The van der Waals surface area contributed by atoms with Crippen LogP contribution in [0.2, 0.25) is 0 Å². The fraction of sp³-hybridized carbons (Fsp3) is 0.261. The predicted octanol–water partition coefficient (Wildman–Crippen LogP) is 4.38. The fourth-order valence-electron chi connectivity index (χ4n) is 3.89. The van der Waals surface area contributed by atoms with E-state index in [2.05, 4.69) is 9.71 Å². The van der Waals surface area contributed by atoms with Crippen molar-refractivity contribution in [1.29, 1.82) is 0 Å². The monoisotopic (exact) mass is 456 g/mol. The van der Waals surface area contributed by atoms with Gasteiger partial charge in [-0.3, -0.25) is 4.79 Å². The molecule has 0 unspecified atom stereocenters. The summed E-state index contributed by atoms with van der Waals surface area (Å²) in [6.07, 6.45) is 1.16. The van der Waals surface area contributed by atoms with Gasteiger partial charge in [-0.1, -0.05) is 31.2 Å². The maximum atomic E-state index is 12.5. The molecular formula is C23H24N2O4S2. The SMILES string of the molecule is COc1cc(C)c2[nH]c(=O)c3sccc3c2c1-c1ccc([C@@H](C)CNS(C)(=O)=O)cc1. The highest BCUT2D eigenvalue weighted by molar-refractivity contribution is 7.88. The van der Waals surface area contributed by atoms with Gasteiger partial charge in [0.25, 0.3) is 5.56 Å². The maximum Gasteiger partial charge on any atom is 0.266 e. The zero-order valence-corrected chi connectivity index (χ0v) is 19.4. The van der Waals surface area contributed by atoms with E-state index in [4.69, 9.17) is 4.74 Å². The van der Waals surface area contributed by atoms with Crippen molar-refractivity contribution in [3.8, 4) is 16.9 Å². The molecule has 162 valence electrons. The molecule has 0 bridgehead atoms. The van der Waals surface area contributed by atoms with Gasteiger partial charge in [-0.15, -0.1) is 11.3 Å². The van der Waals surface area contributed by atoms with E-state index in [0.717, 1.165) is 50.5 Å². The zero-order chi connectivity index (χ0) is 22.3. The molecule has 2 heterocycles. The predicted molar refractivity (Wildman–Crippen MR) is 128 cm³/mol. The van der Waals surface area contributed by atoms with Crippen molar-refractivity contribution in [3.63, 3.8) is 0 Å². The minimum atomic E-state index is -3.23. The number of rotatable bonds is 6. The minimum absolute atomic E-state index is 0.0281. The van der Waals surface area contributed by atoms with Crippen LogP contribution in [0, 0.1) is 6.92 Å². The Morgan fingerprint density at radius 2 is 1.90 bits per heavy atom. The third kappa shape index (κ3) is 4.11. The van der Waals surface area contributed by atoms with E-state index in [9.17, 15) is 13.2 Å². The van der Waals surface area contributed by atoms with Crippen LogP contribution in [0.3, 0.4) is 0 Å². The van der Waals surface area contributed by atoms with Crippen LogP contribution < -0.4 is 15.0 Å². The van der Waals surface area contributed by atoms with E-state index >= 15 is 0 Å². The Morgan fingerprint density at radius 1 is 1.19 bits per heavy atom. The molecule has 0 amide bonds. The summed E-state index contributed by atoms with van der Waals surface area (Å²) in [6, 6.07) is 12.0. The van der Waals surface area contributed by atoms with Gasteiger partial charge in [0.15, 0.2) is 0 Å². The van der Waals surface area contributed by atoms with Gasteiger partial charge in [0.2, 0.25) is 10.0 Å². The van der Waals surface area contributed by atoms with Gasteiger partial charge >= 0.3 is 0 Å². The topological polar surface area (TPSA) is 88.3 Å². The first kappa shape index (κ1) is 21.5. The average Bonchev–Trinajstić information content (AvgIpc) is 3.23. The van der Waals surface area contributed by atoms with E-state index in [1.807, 2.05) is 55.6 Å². The number of aryl methyl sites for hydroxylation is 1. The summed E-state index contributed by atoms with van der Waals surface area (Å²) in [5.74, 6) is 0.768. The van der Waals surface area contributed by atoms with Crippen molar-refractivity contribution in [2.75, 3.05) is 19.9 Å². The molecule has 2 aromatic carbocycles. The van der Waals surface area contributed by atoms with Crippen molar-refractivity contribution >= 4 is 42.3 Å². The van der Waals surface area contributed by atoms with Crippen molar-refractivity contribution in [1.82, 2.24) is 9.71 Å². The normalized spacial score (nSPS) is 13.0. The Kier molecular flexibility index (Phi) is 5.63. The second-order valence-corrected chi connectivity index (χ2v) is 10.5. The van der Waals surface area contributed by atoms with Crippen molar-refractivity contribution in [2.45, 2.75) is 19.8 Å². The Balaban J connectivity index is 1.87. The fourth-order valence-corrected chi connectivity index (χ4v) is 5.24. The minimum Gasteiger partial charge on any atom is -0.496 e. The molecule has 31 heavy (non-hydrogen) atoms. The summed E-state index contributed by atoms with van der Waals surface area (Å²) in [4.78, 5) is 15.6. The molecule has 0 aliphatic rings. The largest absolute Gasteiger partial charge is 0.496 e. The van der Waals surface area contributed by atoms with Crippen molar-refractivity contribution in [2.24, 2.45) is 0 Å². The molecule has 0 radical (unpaired) electrons. The van der Waals surface area contributed by atoms with Gasteiger partial charge in [-0.2, -0.15) is 0 Å². The molecule has 8 heteroatoms. The lowest BCUT2D eigenvalue weighted by Gasteiger charge is -2.17. The molecule has 0 aliphatic carbocycles. The van der Waals surface area contributed by atoms with Gasteiger partial charge in [0.1, 0.15) is 10.4 Å². The molecule has 0 spiro atoms. The van der Waals surface area contributed by atoms with Crippen LogP contribution in [0.4, 0.5) is 0 Å². The number of pyridine rings is 1. The summed E-state index contributed by atoms with van der Waals surface area (Å²) in [5.41, 5.74) is 4.59. The summed E-state index contributed by atoms with van der Waals surface area (Å²) in [5, 5.41) is 3.81. The quantitative estimate of drug-likeness (QED) is 0.451. The zero-order valence-electron chi connectivity index (χ0n) is 17.8. The Hall–Kier alpha value is -2.68. The number of hydrogen-bond donors (Lipinski definition) is 2. The lowest BCUT2D eigenvalue weighted by Crippen LogP contribution is -2.26. The van der Waals surface area contributed by atoms with Gasteiger partial charge < -0.3 is 9.72 Å². The number of aromatic amines is 1. The van der Waals surface area contributed by atoms with E-state index < -0.39 is 10.0 Å². The van der Waals surface area contributed by atoms with E-state index in [1.54, 1.807) is 7.11 Å². The number of methoxy groups -OCH3 is 1. The molecule has 1 atom stereocenters. The van der Waals surface area contributed by atoms with Crippen LogP contribution >= 0.6 is 11.3 Å². The molecule has 6 nitrogen and oxygen atoms in total. The number of benzene rings is 2. The smallest absolute Gasteiger partial charge is 0.266 e. The highest BCUT2D eigenvalue weighted by Crippen LogP contribution is 2.41. The molecule has 4 rings (SSSR count). The summed E-state index contributed by atoms with van der Waals surface area (Å²) < 4.78 is 31.8.